The van der Waals surface area contributed by atoms with Crippen molar-refractivity contribution in [3.8, 4) is 5.75 Å². The van der Waals surface area contributed by atoms with Crippen LogP contribution in [-0.4, -0.2) is 56.5 Å². The summed E-state index contributed by atoms with van der Waals surface area (Å²) in [5.74, 6) is 3.54. The maximum atomic E-state index is 13.4. The second-order valence-corrected chi connectivity index (χ2v) is 12.3. The van der Waals surface area contributed by atoms with Crippen LogP contribution in [0.25, 0.3) is 10.8 Å². The number of rotatable bonds is 4. The Bertz CT molecular complexity index is 1070. The van der Waals surface area contributed by atoms with E-state index >= 15 is 0 Å². The molecule has 4 aliphatic carbocycles. The van der Waals surface area contributed by atoms with Crippen LogP contribution in [0.1, 0.15) is 38.5 Å². The zero-order valence-electron chi connectivity index (χ0n) is 18.3. The highest BCUT2D eigenvalue weighted by Gasteiger charge is 2.53. The summed E-state index contributed by atoms with van der Waals surface area (Å²) in [6.45, 7) is 2.95. The van der Waals surface area contributed by atoms with Crippen LogP contribution in [0.3, 0.4) is 0 Å². The molecule has 5 nitrogen and oxygen atoms in total. The number of hydrogen-bond donors (Lipinski definition) is 0. The van der Waals surface area contributed by atoms with Gasteiger partial charge in [0.15, 0.2) is 0 Å². The normalized spacial score (nSPS) is 33.8. The zero-order chi connectivity index (χ0) is 21.2. The van der Waals surface area contributed by atoms with E-state index in [9.17, 15) is 8.42 Å². The molecule has 1 heterocycles. The molecule has 31 heavy (non-hydrogen) atoms. The second kappa shape index (κ2) is 7.19. The molecule has 2 aromatic carbocycles. The summed E-state index contributed by atoms with van der Waals surface area (Å²) in [5, 5.41) is 1.92. The maximum Gasteiger partial charge on any atom is 0.243 e. The van der Waals surface area contributed by atoms with Crippen LogP contribution in [0.15, 0.2) is 41.3 Å². The lowest BCUT2D eigenvalue weighted by Gasteiger charge is -2.61. The minimum Gasteiger partial charge on any atom is -0.497 e. The van der Waals surface area contributed by atoms with Gasteiger partial charge in [-0.15, -0.1) is 0 Å². The quantitative estimate of drug-likeness (QED) is 0.718. The smallest absolute Gasteiger partial charge is 0.243 e. The van der Waals surface area contributed by atoms with Crippen molar-refractivity contribution in [2.75, 3.05) is 33.3 Å². The first kappa shape index (κ1) is 20.0. The summed E-state index contributed by atoms with van der Waals surface area (Å²) in [7, 11) is -1.83. The van der Waals surface area contributed by atoms with Gasteiger partial charge in [0, 0.05) is 31.7 Å². The maximum absolute atomic E-state index is 13.4. The van der Waals surface area contributed by atoms with Crippen molar-refractivity contribution in [3.63, 3.8) is 0 Å². The predicted molar refractivity (Wildman–Crippen MR) is 122 cm³/mol. The van der Waals surface area contributed by atoms with Gasteiger partial charge in [-0.1, -0.05) is 12.1 Å². The van der Waals surface area contributed by atoms with E-state index in [1.807, 2.05) is 24.3 Å². The molecule has 6 heteroatoms. The molecule has 2 aromatic rings. The van der Waals surface area contributed by atoms with Gasteiger partial charge in [-0.2, -0.15) is 4.31 Å². The van der Waals surface area contributed by atoms with Gasteiger partial charge < -0.3 is 4.74 Å². The van der Waals surface area contributed by atoms with E-state index in [2.05, 4.69) is 4.90 Å². The van der Waals surface area contributed by atoms with Gasteiger partial charge in [0.25, 0.3) is 0 Å². The highest BCUT2D eigenvalue weighted by Crippen LogP contribution is 2.57. The van der Waals surface area contributed by atoms with Crippen molar-refractivity contribution in [1.29, 1.82) is 0 Å². The fraction of sp³-hybridized carbons (Fsp3) is 0.600. The monoisotopic (exact) mass is 440 g/mol. The standard InChI is InChI=1S/C25H32N2O3S/c1-30-23-4-2-22-14-24(5-3-21(22)13-23)31(28,29)27-8-6-26(7-9-27)25-15-18-10-19(16-25)12-20(11-18)17-25/h2-5,13-14,18-20H,6-12,15-17H2,1H3. The summed E-state index contributed by atoms with van der Waals surface area (Å²) in [6, 6.07) is 11.2. The molecule has 5 fully saturated rings. The molecule has 0 radical (unpaired) electrons. The Morgan fingerprint density at radius 2 is 1.42 bits per heavy atom. The Morgan fingerprint density at radius 1 is 0.839 bits per heavy atom. The fourth-order valence-electron chi connectivity index (χ4n) is 7.49. The number of piperazine rings is 1. The fourth-order valence-corrected chi connectivity index (χ4v) is 8.95. The number of fused-ring (bicyclic) bond motifs is 1. The Hall–Kier alpha value is -1.63. The minimum atomic E-state index is -3.47. The van der Waals surface area contributed by atoms with E-state index in [0.717, 1.165) is 47.4 Å². The van der Waals surface area contributed by atoms with E-state index in [-0.39, 0.29) is 0 Å². The van der Waals surface area contributed by atoms with Crippen molar-refractivity contribution in [2.24, 2.45) is 17.8 Å². The molecule has 0 N–H and O–H groups in total. The predicted octanol–water partition coefficient (Wildman–Crippen LogP) is 4.12. The molecule has 0 atom stereocenters. The van der Waals surface area contributed by atoms with Gasteiger partial charge in [-0.05, 0) is 91.3 Å². The largest absolute Gasteiger partial charge is 0.497 e. The SMILES string of the molecule is COc1ccc2cc(S(=O)(=O)N3CCN(C45CC6CC(CC(C6)C4)C5)CC3)ccc2c1. The first-order chi connectivity index (χ1) is 14.9. The zero-order valence-corrected chi connectivity index (χ0v) is 19.1. The second-order valence-electron chi connectivity index (χ2n) is 10.4. The average molecular weight is 441 g/mol. The van der Waals surface area contributed by atoms with Crippen LogP contribution in [-0.2, 0) is 10.0 Å². The van der Waals surface area contributed by atoms with Crippen molar-refractivity contribution in [3.05, 3.63) is 36.4 Å². The number of hydrogen-bond acceptors (Lipinski definition) is 4. The molecule has 0 unspecified atom stereocenters. The Kier molecular flexibility index (Phi) is 4.64. The molecule has 0 spiro atoms. The number of ether oxygens (including phenoxy) is 1. The molecule has 166 valence electrons. The first-order valence-corrected chi connectivity index (χ1v) is 13.2. The number of methoxy groups -OCH3 is 1. The van der Waals surface area contributed by atoms with Gasteiger partial charge in [-0.3, -0.25) is 4.90 Å². The molecule has 0 amide bonds. The average Bonchev–Trinajstić information content (AvgIpc) is 2.77. The van der Waals surface area contributed by atoms with Crippen LogP contribution in [0, 0.1) is 17.8 Å². The molecule has 1 saturated heterocycles. The Balaban J connectivity index is 1.19. The van der Waals surface area contributed by atoms with E-state index in [1.165, 1.54) is 38.5 Å². The van der Waals surface area contributed by atoms with Gasteiger partial charge in [0.2, 0.25) is 10.0 Å². The van der Waals surface area contributed by atoms with Crippen molar-refractivity contribution in [1.82, 2.24) is 9.21 Å². The van der Waals surface area contributed by atoms with Crippen LogP contribution >= 0.6 is 0 Å². The van der Waals surface area contributed by atoms with E-state index in [0.29, 0.717) is 23.5 Å². The minimum absolute atomic E-state index is 0.368. The Morgan fingerprint density at radius 3 is 2.03 bits per heavy atom. The first-order valence-electron chi connectivity index (χ1n) is 11.8. The van der Waals surface area contributed by atoms with Gasteiger partial charge in [0.05, 0.1) is 12.0 Å². The van der Waals surface area contributed by atoms with Crippen LogP contribution in [0.5, 0.6) is 5.75 Å². The van der Waals surface area contributed by atoms with Crippen LogP contribution < -0.4 is 4.74 Å². The van der Waals surface area contributed by atoms with Crippen molar-refractivity contribution < 1.29 is 13.2 Å². The number of nitrogens with zero attached hydrogens (tertiary/aromatic N) is 2. The van der Waals surface area contributed by atoms with Gasteiger partial charge in [-0.25, -0.2) is 8.42 Å². The summed E-state index contributed by atoms with van der Waals surface area (Å²) >= 11 is 0. The van der Waals surface area contributed by atoms with Crippen LogP contribution in [0.4, 0.5) is 0 Å². The molecule has 0 aromatic heterocycles. The van der Waals surface area contributed by atoms with E-state index in [1.54, 1.807) is 23.5 Å². The van der Waals surface area contributed by atoms with Gasteiger partial charge in [0.1, 0.15) is 5.75 Å². The number of benzene rings is 2. The molecule has 4 bridgehead atoms. The molecule has 1 aliphatic heterocycles. The highest BCUT2D eigenvalue weighted by atomic mass is 32.2. The number of sulfonamides is 1. The van der Waals surface area contributed by atoms with Crippen molar-refractivity contribution >= 4 is 20.8 Å². The molecule has 5 aliphatic rings. The lowest BCUT2D eigenvalue weighted by molar-refractivity contribution is -0.0964. The summed E-state index contributed by atoms with van der Waals surface area (Å²) < 4.78 is 33.8. The summed E-state index contributed by atoms with van der Waals surface area (Å²) in [6.07, 6.45) is 8.38. The summed E-state index contributed by atoms with van der Waals surface area (Å²) in [4.78, 5) is 3.07. The topological polar surface area (TPSA) is 49.9 Å². The molecular weight excluding hydrogens is 408 g/mol. The Labute approximate surface area is 185 Å². The molecular formula is C25H32N2O3S. The van der Waals surface area contributed by atoms with Crippen molar-refractivity contribution in [2.45, 2.75) is 49.0 Å². The molecule has 4 saturated carbocycles. The third-order valence-corrected chi connectivity index (χ3v) is 10.5. The van der Waals surface area contributed by atoms with Gasteiger partial charge >= 0.3 is 0 Å². The highest BCUT2D eigenvalue weighted by molar-refractivity contribution is 7.89. The van der Waals surface area contributed by atoms with Crippen LogP contribution in [0.2, 0.25) is 0 Å². The van der Waals surface area contributed by atoms with E-state index in [4.69, 9.17) is 4.74 Å². The third-order valence-electron chi connectivity index (χ3n) is 8.57. The third kappa shape index (κ3) is 3.30. The lowest BCUT2D eigenvalue weighted by Crippen LogP contribution is -2.64. The summed E-state index contributed by atoms with van der Waals surface area (Å²) in [5.41, 5.74) is 0.368. The van der Waals surface area contributed by atoms with E-state index < -0.39 is 10.0 Å². The molecule has 7 rings (SSSR count). The lowest BCUT2D eigenvalue weighted by atomic mass is 9.52.